The number of nitrogens with zero attached hydrogens (tertiary/aromatic N) is 1. The van der Waals surface area contributed by atoms with Gasteiger partial charge in [-0.1, -0.05) is 6.07 Å². The van der Waals surface area contributed by atoms with Crippen LogP contribution in [0.2, 0.25) is 0 Å². The van der Waals surface area contributed by atoms with E-state index in [0.29, 0.717) is 19.7 Å². The molecule has 0 aliphatic rings. The topological polar surface area (TPSA) is 77.2 Å². The molecule has 0 radical (unpaired) electrons. The zero-order valence-electron chi connectivity index (χ0n) is 8.48. The Balaban J connectivity index is 2.00. The summed E-state index contributed by atoms with van der Waals surface area (Å²) in [5.41, 5.74) is 5.88. The van der Waals surface area contributed by atoms with Crippen LogP contribution >= 0.6 is 0 Å². The van der Waals surface area contributed by atoms with Gasteiger partial charge in [0, 0.05) is 19.3 Å². The number of ether oxygens (including phenoxy) is 1. The fourth-order valence-corrected chi connectivity index (χ4v) is 1.04. The quantitative estimate of drug-likeness (QED) is 0.603. The molecule has 1 aromatic rings. The number of hydrogen-bond donors (Lipinski definition) is 2. The minimum Gasteiger partial charge on any atom is -0.370 e. The van der Waals surface area contributed by atoms with Crippen molar-refractivity contribution >= 4 is 5.91 Å². The summed E-state index contributed by atoms with van der Waals surface area (Å²) in [5, 5.41) is 3.14. The van der Waals surface area contributed by atoms with E-state index in [1.165, 1.54) is 0 Å². The number of hydrogen-bond acceptors (Lipinski definition) is 4. The number of aromatic nitrogens is 1. The zero-order valence-corrected chi connectivity index (χ0v) is 8.48. The maximum absolute atomic E-state index is 10.3. The highest BCUT2D eigenvalue weighted by molar-refractivity contribution is 5.74. The van der Waals surface area contributed by atoms with Crippen molar-refractivity contribution in [3.8, 4) is 0 Å². The van der Waals surface area contributed by atoms with Crippen molar-refractivity contribution in [3.63, 3.8) is 0 Å². The first-order chi connectivity index (χ1) is 7.29. The van der Waals surface area contributed by atoms with Crippen LogP contribution in [0.25, 0.3) is 0 Å². The number of pyridine rings is 1. The van der Waals surface area contributed by atoms with Gasteiger partial charge in [-0.15, -0.1) is 0 Å². The number of nitrogens with one attached hydrogen (secondary N) is 1. The lowest BCUT2D eigenvalue weighted by atomic mass is 10.3. The van der Waals surface area contributed by atoms with Gasteiger partial charge in [-0.2, -0.15) is 0 Å². The summed E-state index contributed by atoms with van der Waals surface area (Å²) in [4.78, 5) is 14.5. The molecule has 1 rings (SSSR count). The van der Waals surface area contributed by atoms with Crippen LogP contribution in [0.5, 0.6) is 0 Å². The van der Waals surface area contributed by atoms with Crippen molar-refractivity contribution in [2.45, 2.75) is 6.54 Å². The Kier molecular flexibility index (Phi) is 5.35. The Labute approximate surface area is 88.6 Å². The third-order valence-corrected chi connectivity index (χ3v) is 1.70. The zero-order chi connectivity index (χ0) is 10.9. The Morgan fingerprint density at radius 2 is 2.40 bits per heavy atom. The molecule has 0 bridgehead atoms. The number of carbonyl (C=O) groups is 1. The molecule has 15 heavy (non-hydrogen) atoms. The van der Waals surface area contributed by atoms with E-state index in [1.807, 2.05) is 18.2 Å². The molecular formula is C10H15N3O2. The van der Waals surface area contributed by atoms with E-state index >= 15 is 0 Å². The predicted molar refractivity (Wildman–Crippen MR) is 56.0 cm³/mol. The SMILES string of the molecule is NC(=O)COCCNCc1ccccn1. The van der Waals surface area contributed by atoms with Crippen LogP contribution in [0.1, 0.15) is 5.69 Å². The summed E-state index contributed by atoms with van der Waals surface area (Å²) < 4.78 is 4.98. The molecular weight excluding hydrogens is 194 g/mol. The normalized spacial score (nSPS) is 10.1. The molecule has 1 aromatic heterocycles. The molecule has 0 aliphatic carbocycles. The molecule has 5 nitrogen and oxygen atoms in total. The molecule has 1 heterocycles. The van der Waals surface area contributed by atoms with Crippen LogP contribution in [-0.4, -0.2) is 30.6 Å². The molecule has 1 amide bonds. The largest absolute Gasteiger partial charge is 0.370 e. The Bertz CT molecular complexity index is 290. The first-order valence-electron chi connectivity index (χ1n) is 4.75. The van der Waals surface area contributed by atoms with Crippen LogP contribution < -0.4 is 11.1 Å². The summed E-state index contributed by atoms with van der Waals surface area (Å²) in [6.07, 6.45) is 1.75. The molecule has 0 aliphatic heterocycles. The van der Waals surface area contributed by atoms with Crippen LogP contribution in [0.3, 0.4) is 0 Å². The van der Waals surface area contributed by atoms with E-state index in [1.54, 1.807) is 6.20 Å². The van der Waals surface area contributed by atoms with Crippen LogP contribution in [-0.2, 0) is 16.1 Å². The van der Waals surface area contributed by atoms with Crippen molar-refractivity contribution in [3.05, 3.63) is 30.1 Å². The number of rotatable bonds is 7. The minimum absolute atomic E-state index is 0.0226. The van der Waals surface area contributed by atoms with Gasteiger partial charge in [0.05, 0.1) is 12.3 Å². The van der Waals surface area contributed by atoms with Gasteiger partial charge in [0.2, 0.25) is 5.91 Å². The highest BCUT2D eigenvalue weighted by Crippen LogP contribution is 1.91. The van der Waals surface area contributed by atoms with Gasteiger partial charge in [-0.05, 0) is 12.1 Å². The van der Waals surface area contributed by atoms with Gasteiger partial charge in [-0.25, -0.2) is 0 Å². The standard InChI is InChI=1S/C10H15N3O2/c11-10(14)8-15-6-5-12-7-9-3-1-2-4-13-9/h1-4,12H,5-8H2,(H2,11,14). The average Bonchev–Trinajstić information content (AvgIpc) is 2.24. The molecule has 5 heteroatoms. The molecule has 0 fully saturated rings. The van der Waals surface area contributed by atoms with E-state index in [0.717, 1.165) is 5.69 Å². The van der Waals surface area contributed by atoms with Crippen molar-refractivity contribution in [1.82, 2.24) is 10.3 Å². The van der Waals surface area contributed by atoms with Crippen molar-refractivity contribution < 1.29 is 9.53 Å². The smallest absolute Gasteiger partial charge is 0.243 e. The number of nitrogens with two attached hydrogens (primary N) is 1. The lowest BCUT2D eigenvalue weighted by Gasteiger charge is -2.04. The number of amides is 1. The van der Waals surface area contributed by atoms with Gasteiger partial charge in [-0.3, -0.25) is 9.78 Å². The van der Waals surface area contributed by atoms with Crippen LogP contribution in [0, 0.1) is 0 Å². The fraction of sp³-hybridized carbons (Fsp3) is 0.400. The molecule has 0 unspecified atom stereocenters. The molecule has 0 atom stereocenters. The molecule has 0 aromatic carbocycles. The van der Waals surface area contributed by atoms with Gasteiger partial charge in [0.1, 0.15) is 6.61 Å². The fourth-order valence-electron chi connectivity index (χ4n) is 1.04. The third-order valence-electron chi connectivity index (χ3n) is 1.70. The van der Waals surface area contributed by atoms with Crippen molar-refractivity contribution in [1.29, 1.82) is 0 Å². The lowest BCUT2D eigenvalue weighted by molar-refractivity contribution is -0.122. The van der Waals surface area contributed by atoms with Gasteiger partial charge >= 0.3 is 0 Å². The summed E-state index contributed by atoms with van der Waals surface area (Å²) in [6, 6.07) is 5.75. The highest BCUT2D eigenvalue weighted by Gasteiger charge is 1.94. The highest BCUT2D eigenvalue weighted by atomic mass is 16.5. The van der Waals surface area contributed by atoms with Gasteiger partial charge in [0.25, 0.3) is 0 Å². The van der Waals surface area contributed by atoms with Crippen LogP contribution in [0.15, 0.2) is 24.4 Å². The lowest BCUT2D eigenvalue weighted by Crippen LogP contribution is -2.24. The Morgan fingerprint density at radius 1 is 1.53 bits per heavy atom. The third kappa shape index (κ3) is 5.77. The molecule has 0 saturated heterocycles. The van der Waals surface area contributed by atoms with Gasteiger partial charge < -0.3 is 15.8 Å². The summed E-state index contributed by atoms with van der Waals surface area (Å²) in [7, 11) is 0. The second kappa shape index (κ2) is 6.92. The van der Waals surface area contributed by atoms with Crippen LogP contribution in [0.4, 0.5) is 0 Å². The van der Waals surface area contributed by atoms with Gasteiger partial charge in [0.15, 0.2) is 0 Å². The van der Waals surface area contributed by atoms with Crippen molar-refractivity contribution in [2.75, 3.05) is 19.8 Å². The van der Waals surface area contributed by atoms with E-state index in [-0.39, 0.29) is 6.61 Å². The summed E-state index contributed by atoms with van der Waals surface area (Å²) in [6.45, 7) is 1.81. The average molecular weight is 209 g/mol. The second-order valence-corrected chi connectivity index (χ2v) is 3.02. The van der Waals surface area contributed by atoms with Crippen molar-refractivity contribution in [2.24, 2.45) is 5.73 Å². The maximum Gasteiger partial charge on any atom is 0.243 e. The predicted octanol–water partition coefficient (Wildman–Crippen LogP) is -0.327. The summed E-state index contributed by atoms with van der Waals surface area (Å²) >= 11 is 0. The second-order valence-electron chi connectivity index (χ2n) is 3.02. The van der Waals surface area contributed by atoms with E-state index in [4.69, 9.17) is 10.5 Å². The minimum atomic E-state index is -0.445. The summed E-state index contributed by atoms with van der Waals surface area (Å²) in [5.74, 6) is -0.445. The van der Waals surface area contributed by atoms with E-state index in [2.05, 4.69) is 10.3 Å². The van der Waals surface area contributed by atoms with E-state index in [9.17, 15) is 4.79 Å². The molecule has 82 valence electrons. The molecule has 0 saturated carbocycles. The first kappa shape index (κ1) is 11.6. The monoisotopic (exact) mass is 209 g/mol. The maximum atomic E-state index is 10.3. The Hall–Kier alpha value is -1.46. The molecule has 3 N–H and O–H groups in total. The number of primary amides is 1. The molecule has 0 spiro atoms. The van der Waals surface area contributed by atoms with E-state index < -0.39 is 5.91 Å². The first-order valence-corrected chi connectivity index (χ1v) is 4.75. The number of carbonyl (C=O) groups excluding carboxylic acids is 1. The Morgan fingerprint density at radius 3 is 3.07 bits per heavy atom.